The summed E-state index contributed by atoms with van der Waals surface area (Å²) in [6.07, 6.45) is 17.9. The second kappa shape index (κ2) is 8.96. The van der Waals surface area contributed by atoms with E-state index in [9.17, 15) is 0 Å². The molecule has 0 radical (unpaired) electrons. The van der Waals surface area contributed by atoms with Crippen molar-refractivity contribution in [1.29, 1.82) is 0 Å². The van der Waals surface area contributed by atoms with Crippen molar-refractivity contribution in [2.75, 3.05) is 19.6 Å². The lowest BCUT2D eigenvalue weighted by Gasteiger charge is -2.49. The molecule has 4 aliphatic rings. The molecular weight excluding hydrogens is 340 g/mol. The summed E-state index contributed by atoms with van der Waals surface area (Å²) < 4.78 is 0. The molecule has 1 spiro atoms. The van der Waals surface area contributed by atoms with Crippen molar-refractivity contribution >= 4 is 0 Å². The van der Waals surface area contributed by atoms with Gasteiger partial charge in [0.25, 0.3) is 0 Å². The molecule has 3 aliphatic carbocycles. The molecule has 0 aromatic rings. The highest BCUT2D eigenvalue weighted by molar-refractivity contribution is 4.97. The Labute approximate surface area is 175 Å². The average molecular weight is 389 g/mol. The lowest BCUT2D eigenvalue weighted by molar-refractivity contribution is 0.0151. The van der Waals surface area contributed by atoms with Crippen LogP contribution in [-0.4, -0.2) is 47.6 Å². The van der Waals surface area contributed by atoms with E-state index in [1.54, 1.807) is 0 Å². The first kappa shape index (κ1) is 21.2. The zero-order chi connectivity index (χ0) is 19.7. The minimum atomic E-state index is 0.717. The van der Waals surface area contributed by atoms with E-state index in [1.807, 2.05) is 0 Å². The second-order valence-electron chi connectivity index (χ2n) is 11.8. The fraction of sp³-hybridized carbons (Fsp3) is 1.00. The van der Waals surface area contributed by atoms with E-state index in [4.69, 9.17) is 0 Å². The zero-order valence-electron chi connectivity index (χ0n) is 19.5. The van der Waals surface area contributed by atoms with Gasteiger partial charge < -0.3 is 4.90 Å². The van der Waals surface area contributed by atoms with Gasteiger partial charge in [-0.05, 0) is 127 Å². The van der Waals surface area contributed by atoms with E-state index in [2.05, 4.69) is 37.5 Å². The van der Waals surface area contributed by atoms with Crippen LogP contribution in [-0.2, 0) is 0 Å². The van der Waals surface area contributed by atoms with Crippen LogP contribution in [0.3, 0.4) is 0 Å². The van der Waals surface area contributed by atoms with Crippen LogP contribution in [0, 0.1) is 23.2 Å². The third-order valence-corrected chi connectivity index (χ3v) is 9.27. The first-order valence-electron chi connectivity index (χ1n) is 13.0. The minimum absolute atomic E-state index is 0.717. The van der Waals surface area contributed by atoms with Gasteiger partial charge in [0.2, 0.25) is 0 Å². The van der Waals surface area contributed by atoms with Crippen molar-refractivity contribution in [1.82, 2.24) is 9.80 Å². The number of piperidine rings is 1. The normalized spacial score (nSPS) is 32.7. The summed E-state index contributed by atoms with van der Waals surface area (Å²) in [5, 5.41) is 0. The molecule has 1 saturated heterocycles. The topological polar surface area (TPSA) is 6.48 Å². The van der Waals surface area contributed by atoms with Crippen LogP contribution >= 0.6 is 0 Å². The third-order valence-electron chi connectivity index (χ3n) is 9.27. The minimum Gasteiger partial charge on any atom is -0.303 e. The van der Waals surface area contributed by atoms with E-state index < -0.39 is 0 Å². The van der Waals surface area contributed by atoms with Crippen molar-refractivity contribution < 1.29 is 0 Å². The Morgan fingerprint density at radius 3 is 1.82 bits per heavy atom. The van der Waals surface area contributed by atoms with Gasteiger partial charge in [-0.15, -0.1) is 0 Å². The molecule has 0 aromatic heterocycles. The van der Waals surface area contributed by atoms with Crippen molar-refractivity contribution in [3.63, 3.8) is 0 Å². The van der Waals surface area contributed by atoms with Crippen molar-refractivity contribution in [3.05, 3.63) is 0 Å². The number of rotatable bonds is 6. The van der Waals surface area contributed by atoms with Gasteiger partial charge in [-0.3, -0.25) is 4.90 Å². The quantitative estimate of drug-likeness (QED) is 0.523. The SMILES string of the molecule is CC(C)C1CCC(CN2CCC3(CCC(N(C(C)C)C4CC4)CC3)CC2)CC1. The monoisotopic (exact) mass is 388 g/mol. The third kappa shape index (κ3) is 4.97. The zero-order valence-corrected chi connectivity index (χ0v) is 19.5. The van der Waals surface area contributed by atoms with Crippen LogP contribution in [0.4, 0.5) is 0 Å². The van der Waals surface area contributed by atoms with Gasteiger partial charge >= 0.3 is 0 Å². The van der Waals surface area contributed by atoms with Gasteiger partial charge in [-0.25, -0.2) is 0 Å². The lowest BCUT2D eigenvalue weighted by atomic mass is 9.66. The molecular formula is C26H48N2. The Balaban J connectivity index is 1.19. The Morgan fingerprint density at radius 2 is 1.32 bits per heavy atom. The summed E-state index contributed by atoms with van der Waals surface area (Å²) >= 11 is 0. The van der Waals surface area contributed by atoms with Crippen molar-refractivity contribution in [3.8, 4) is 0 Å². The van der Waals surface area contributed by atoms with E-state index in [-0.39, 0.29) is 0 Å². The highest BCUT2D eigenvalue weighted by atomic mass is 15.2. The predicted octanol–water partition coefficient (Wildman–Crippen LogP) is 6.35. The van der Waals surface area contributed by atoms with Crippen LogP contribution in [0.25, 0.3) is 0 Å². The molecule has 3 saturated carbocycles. The fourth-order valence-electron chi connectivity index (χ4n) is 7.14. The highest BCUT2D eigenvalue weighted by Crippen LogP contribution is 2.47. The Morgan fingerprint density at radius 1 is 0.750 bits per heavy atom. The standard InChI is InChI=1S/C26H48N2/c1-20(2)23-7-5-22(6-8-23)19-27-17-15-26(16-18-27)13-11-25(12-14-26)28(21(3)4)24-9-10-24/h20-25H,5-19H2,1-4H3. The second-order valence-corrected chi connectivity index (χ2v) is 11.8. The average Bonchev–Trinajstić information content (AvgIpc) is 3.51. The van der Waals surface area contributed by atoms with Gasteiger partial charge in [0.05, 0.1) is 0 Å². The first-order chi connectivity index (χ1) is 13.5. The molecule has 2 heteroatoms. The largest absolute Gasteiger partial charge is 0.303 e. The molecule has 4 fully saturated rings. The predicted molar refractivity (Wildman–Crippen MR) is 121 cm³/mol. The fourth-order valence-corrected chi connectivity index (χ4v) is 7.14. The first-order valence-corrected chi connectivity index (χ1v) is 13.0. The summed E-state index contributed by atoms with van der Waals surface area (Å²) in [6, 6.07) is 2.58. The van der Waals surface area contributed by atoms with E-state index >= 15 is 0 Å². The molecule has 1 aliphatic heterocycles. The maximum Gasteiger partial charge on any atom is 0.0102 e. The lowest BCUT2D eigenvalue weighted by Crippen LogP contribution is -2.48. The maximum absolute atomic E-state index is 2.90. The van der Waals surface area contributed by atoms with Crippen LogP contribution in [0.1, 0.15) is 105 Å². The van der Waals surface area contributed by atoms with Crippen LogP contribution < -0.4 is 0 Å². The Hall–Kier alpha value is -0.0800. The van der Waals surface area contributed by atoms with E-state index in [1.165, 1.54) is 96.7 Å². The van der Waals surface area contributed by atoms with Crippen LogP contribution in [0.5, 0.6) is 0 Å². The number of nitrogens with zero attached hydrogens (tertiary/aromatic N) is 2. The van der Waals surface area contributed by atoms with Gasteiger partial charge in [0, 0.05) is 24.7 Å². The van der Waals surface area contributed by atoms with Crippen LogP contribution in [0.2, 0.25) is 0 Å². The molecule has 0 atom stereocenters. The summed E-state index contributed by atoms with van der Waals surface area (Å²) in [5.74, 6) is 2.91. The molecule has 0 unspecified atom stereocenters. The van der Waals surface area contributed by atoms with Gasteiger partial charge in [0.15, 0.2) is 0 Å². The van der Waals surface area contributed by atoms with Gasteiger partial charge in [-0.1, -0.05) is 13.8 Å². The van der Waals surface area contributed by atoms with Gasteiger partial charge in [-0.2, -0.15) is 0 Å². The smallest absolute Gasteiger partial charge is 0.0102 e. The van der Waals surface area contributed by atoms with E-state index in [0.29, 0.717) is 5.41 Å². The Bertz CT molecular complexity index is 467. The van der Waals surface area contributed by atoms with Crippen LogP contribution in [0.15, 0.2) is 0 Å². The van der Waals surface area contributed by atoms with E-state index in [0.717, 1.165) is 35.9 Å². The van der Waals surface area contributed by atoms with Crippen molar-refractivity contribution in [2.24, 2.45) is 23.2 Å². The van der Waals surface area contributed by atoms with Crippen molar-refractivity contribution in [2.45, 2.75) is 123 Å². The molecule has 0 aromatic carbocycles. The summed E-state index contributed by atoms with van der Waals surface area (Å²) in [4.78, 5) is 5.75. The maximum atomic E-state index is 2.90. The highest BCUT2D eigenvalue weighted by Gasteiger charge is 2.42. The molecule has 162 valence electrons. The summed E-state index contributed by atoms with van der Waals surface area (Å²) in [5.41, 5.74) is 0.717. The molecule has 1 heterocycles. The summed E-state index contributed by atoms with van der Waals surface area (Å²) in [7, 11) is 0. The number of likely N-dealkylation sites (tertiary alicyclic amines) is 1. The molecule has 28 heavy (non-hydrogen) atoms. The molecule has 0 N–H and O–H groups in total. The molecule has 2 nitrogen and oxygen atoms in total. The summed E-state index contributed by atoms with van der Waals surface area (Å²) in [6.45, 7) is 13.9. The molecule has 0 amide bonds. The molecule has 4 rings (SSSR count). The number of hydrogen-bond donors (Lipinski definition) is 0. The molecule has 0 bridgehead atoms. The Kier molecular flexibility index (Phi) is 6.77. The number of hydrogen-bond acceptors (Lipinski definition) is 2. The van der Waals surface area contributed by atoms with Gasteiger partial charge in [0.1, 0.15) is 0 Å².